The molecule has 0 aliphatic heterocycles. The monoisotopic (exact) mass is 204 g/mol. The zero-order valence-corrected chi connectivity index (χ0v) is 9.65. The van der Waals surface area contributed by atoms with Gasteiger partial charge in [-0.2, -0.15) is 0 Å². The van der Waals surface area contributed by atoms with Crippen LogP contribution in [0.4, 0.5) is 0 Å². The molecule has 0 aliphatic rings. The quantitative estimate of drug-likeness (QED) is 0.500. The van der Waals surface area contributed by atoms with Crippen LogP contribution in [0.25, 0.3) is 6.08 Å². The molecule has 1 rings (SSSR count). The van der Waals surface area contributed by atoms with E-state index in [9.17, 15) is 0 Å². The van der Waals surface area contributed by atoms with Gasteiger partial charge in [-0.05, 0) is 24.0 Å². The topological polar surface area (TPSA) is 9.23 Å². The van der Waals surface area contributed by atoms with Crippen molar-refractivity contribution in [3.63, 3.8) is 0 Å². The van der Waals surface area contributed by atoms with Crippen LogP contribution >= 0.6 is 0 Å². The number of ether oxygens (including phenoxy) is 1. The molecule has 1 aromatic carbocycles. The number of hydrogen-bond donors (Lipinski definition) is 0. The second-order valence-electron chi connectivity index (χ2n) is 3.89. The van der Waals surface area contributed by atoms with Gasteiger partial charge in [-0.15, -0.1) is 0 Å². The van der Waals surface area contributed by atoms with Gasteiger partial charge >= 0.3 is 0 Å². The fourth-order valence-corrected chi connectivity index (χ4v) is 1.23. The Morgan fingerprint density at radius 2 is 2.00 bits per heavy atom. The van der Waals surface area contributed by atoms with Gasteiger partial charge in [-0.25, -0.2) is 0 Å². The second-order valence-corrected chi connectivity index (χ2v) is 3.89. The molecule has 82 valence electrons. The minimum atomic E-state index is 0.759. The van der Waals surface area contributed by atoms with Crippen LogP contribution in [0.15, 0.2) is 36.6 Å². The predicted molar refractivity (Wildman–Crippen MR) is 65.5 cm³/mol. The number of rotatable bonds is 6. The smallest absolute Gasteiger partial charge is 0.0875 e. The van der Waals surface area contributed by atoms with E-state index in [0.717, 1.165) is 18.9 Å². The molecule has 1 unspecified atom stereocenters. The Labute approximate surface area is 92.8 Å². The van der Waals surface area contributed by atoms with Crippen LogP contribution in [0, 0.1) is 5.92 Å². The summed E-state index contributed by atoms with van der Waals surface area (Å²) in [4.78, 5) is 0. The standard InChI is InChI=1S/C14H20O/c1-3-13(2)9-11-15-12-10-14-7-5-4-6-8-14/h4-8,10,12-13H,3,9,11H2,1-2H3. The summed E-state index contributed by atoms with van der Waals surface area (Å²) in [5, 5.41) is 0. The molecular weight excluding hydrogens is 184 g/mol. The fourth-order valence-electron chi connectivity index (χ4n) is 1.23. The van der Waals surface area contributed by atoms with Crippen molar-refractivity contribution in [2.45, 2.75) is 26.7 Å². The number of hydrogen-bond acceptors (Lipinski definition) is 1. The Hall–Kier alpha value is -1.24. The Morgan fingerprint density at radius 1 is 1.27 bits per heavy atom. The second kappa shape index (κ2) is 7.10. The first-order valence-corrected chi connectivity index (χ1v) is 5.66. The molecule has 1 aromatic rings. The van der Waals surface area contributed by atoms with Gasteiger partial charge in [0.25, 0.3) is 0 Å². The van der Waals surface area contributed by atoms with Crippen LogP contribution in [0.2, 0.25) is 0 Å². The first-order chi connectivity index (χ1) is 7.33. The lowest BCUT2D eigenvalue weighted by Crippen LogP contribution is -1.97. The van der Waals surface area contributed by atoms with Crippen LogP contribution in [-0.4, -0.2) is 6.61 Å². The first kappa shape index (κ1) is 11.8. The summed E-state index contributed by atoms with van der Waals surface area (Å²) in [6, 6.07) is 10.2. The van der Waals surface area contributed by atoms with Gasteiger partial charge in [0.05, 0.1) is 12.9 Å². The van der Waals surface area contributed by atoms with Crippen LogP contribution in [0.5, 0.6) is 0 Å². The molecule has 0 fully saturated rings. The summed E-state index contributed by atoms with van der Waals surface area (Å²) in [6.07, 6.45) is 6.15. The molecular formula is C14H20O. The molecule has 1 atom stereocenters. The van der Waals surface area contributed by atoms with E-state index in [1.165, 1.54) is 12.0 Å². The van der Waals surface area contributed by atoms with Crippen molar-refractivity contribution in [1.29, 1.82) is 0 Å². The molecule has 1 heteroatoms. The average molecular weight is 204 g/mol. The zero-order chi connectivity index (χ0) is 10.9. The lowest BCUT2D eigenvalue weighted by Gasteiger charge is -2.06. The minimum Gasteiger partial charge on any atom is -0.501 e. The molecule has 0 spiro atoms. The molecule has 1 nitrogen and oxygen atoms in total. The van der Waals surface area contributed by atoms with Crippen molar-refractivity contribution in [3.05, 3.63) is 42.2 Å². The Kier molecular flexibility index (Phi) is 5.60. The zero-order valence-electron chi connectivity index (χ0n) is 9.65. The van der Waals surface area contributed by atoms with E-state index in [1.807, 2.05) is 24.3 Å². The maximum atomic E-state index is 5.43. The van der Waals surface area contributed by atoms with Gasteiger partial charge in [0, 0.05) is 0 Å². The Morgan fingerprint density at radius 3 is 2.67 bits per heavy atom. The molecule has 0 amide bonds. The fraction of sp³-hybridized carbons (Fsp3) is 0.429. The van der Waals surface area contributed by atoms with Gasteiger partial charge in [0.2, 0.25) is 0 Å². The summed E-state index contributed by atoms with van der Waals surface area (Å²) in [6.45, 7) is 5.28. The largest absolute Gasteiger partial charge is 0.501 e. The maximum absolute atomic E-state index is 5.43. The van der Waals surface area contributed by atoms with Crippen LogP contribution < -0.4 is 0 Å². The molecule has 0 heterocycles. The highest BCUT2D eigenvalue weighted by Crippen LogP contribution is 2.06. The highest BCUT2D eigenvalue weighted by atomic mass is 16.5. The molecule has 15 heavy (non-hydrogen) atoms. The van der Waals surface area contributed by atoms with Gasteiger partial charge in [0.1, 0.15) is 0 Å². The minimum absolute atomic E-state index is 0.759. The first-order valence-electron chi connectivity index (χ1n) is 5.66. The maximum Gasteiger partial charge on any atom is 0.0875 e. The van der Waals surface area contributed by atoms with Crippen molar-refractivity contribution in [2.75, 3.05) is 6.61 Å². The third-order valence-electron chi connectivity index (χ3n) is 2.58. The van der Waals surface area contributed by atoms with E-state index in [4.69, 9.17) is 4.74 Å². The van der Waals surface area contributed by atoms with E-state index in [2.05, 4.69) is 26.0 Å². The third-order valence-corrected chi connectivity index (χ3v) is 2.58. The summed E-state index contributed by atoms with van der Waals surface area (Å²) in [5.74, 6) is 0.759. The summed E-state index contributed by atoms with van der Waals surface area (Å²) in [5.41, 5.74) is 1.18. The van der Waals surface area contributed by atoms with Gasteiger partial charge in [0.15, 0.2) is 0 Å². The van der Waals surface area contributed by atoms with E-state index < -0.39 is 0 Å². The van der Waals surface area contributed by atoms with E-state index >= 15 is 0 Å². The molecule has 0 aromatic heterocycles. The van der Waals surface area contributed by atoms with Crippen molar-refractivity contribution in [3.8, 4) is 0 Å². The van der Waals surface area contributed by atoms with E-state index in [-0.39, 0.29) is 0 Å². The van der Waals surface area contributed by atoms with Crippen LogP contribution in [0.3, 0.4) is 0 Å². The van der Waals surface area contributed by atoms with Gasteiger partial charge in [-0.1, -0.05) is 50.6 Å². The number of benzene rings is 1. The SMILES string of the molecule is CCC(C)CCOC=Cc1ccccc1. The highest BCUT2D eigenvalue weighted by Gasteiger charge is 1.96. The molecule has 0 saturated heterocycles. The van der Waals surface area contributed by atoms with Crippen LogP contribution in [0.1, 0.15) is 32.3 Å². The molecule has 0 bridgehead atoms. The molecule has 0 saturated carbocycles. The lowest BCUT2D eigenvalue weighted by molar-refractivity contribution is 0.226. The van der Waals surface area contributed by atoms with Crippen molar-refractivity contribution < 1.29 is 4.74 Å². The van der Waals surface area contributed by atoms with Crippen molar-refractivity contribution >= 4 is 6.08 Å². The van der Waals surface area contributed by atoms with E-state index in [1.54, 1.807) is 6.26 Å². The van der Waals surface area contributed by atoms with Gasteiger partial charge < -0.3 is 4.74 Å². The average Bonchev–Trinajstić information content (AvgIpc) is 2.29. The Bertz CT molecular complexity index is 277. The van der Waals surface area contributed by atoms with Gasteiger partial charge in [-0.3, -0.25) is 0 Å². The molecule has 0 aliphatic carbocycles. The van der Waals surface area contributed by atoms with Crippen molar-refractivity contribution in [1.82, 2.24) is 0 Å². The lowest BCUT2D eigenvalue weighted by atomic mass is 10.1. The Balaban J connectivity index is 2.18. The normalized spacial score (nSPS) is 12.9. The van der Waals surface area contributed by atoms with Crippen LogP contribution in [-0.2, 0) is 4.74 Å². The van der Waals surface area contributed by atoms with E-state index in [0.29, 0.717) is 0 Å². The van der Waals surface area contributed by atoms with Crippen molar-refractivity contribution in [2.24, 2.45) is 5.92 Å². The summed E-state index contributed by atoms with van der Waals surface area (Å²) >= 11 is 0. The third kappa shape index (κ3) is 5.26. The summed E-state index contributed by atoms with van der Waals surface area (Å²) < 4.78 is 5.43. The predicted octanol–water partition coefficient (Wildman–Crippen LogP) is 4.11. The molecule has 0 radical (unpaired) electrons. The summed E-state index contributed by atoms with van der Waals surface area (Å²) in [7, 11) is 0. The molecule has 0 N–H and O–H groups in total. The highest BCUT2D eigenvalue weighted by molar-refractivity contribution is 5.47.